The third-order valence-electron chi connectivity index (χ3n) is 4.03. The molecule has 0 unspecified atom stereocenters. The topological polar surface area (TPSA) is 60.8 Å². The quantitative estimate of drug-likeness (QED) is 0.915. The van der Waals surface area contributed by atoms with Crippen LogP contribution in [0.3, 0.4) is 0 Å². The zero-order valence-electron chi connectivity index (χ0n) is 11.5. The number of rotatable bonds is 3. The Morgan fingerprint density at radius 1 is 1.14 bits per heavy atom. The lowest BCUT2D eigenvalue weighted by molar-refractivity contribution is 0.0137. The summed E-state index contributed by atoms with van der Waals surface area (Å²) < 4.78 is 0. The molecule has 1 aliphatic heterocycles. The molecule has 5 heteroatoms. The van der Waals surface area contributed by atoms with Crippen molar-refractivity contribution in [3.05, 3.63) is 52.2 Å². The molecule has 2 N–H and O–H groups in total. The van der Waals surface area contributed by atoms with Crippen LogP contribution in [0.25, 0.3) is 0 Å². The summed E-state index contributed by atoms with van der Waals surface area (Å²) in [6.45, 7) is 1.44. The average Bonchev–Trinajstić information content (AvgIpc) is 2.99. The van der Waals surface area contributed by atoms with Gasteiger partial charge in [0.05, 0.1) is 10.4 Å². The Balaban J connectivity index is 1.78. The molecular weight excluding hydrogens is 286 g/mol. The number of anilines is 1. The van der Waals surface area contributed by atoms with Crippen molar-refractivity contribution in [3.8, 4) is 0 Å². The molecular formula is C16H17NO3S. The number of para-hydroxylation sites is 1. The van der Waals surface area contributed by atoms with Gasteiger partial charge in [-0.1, -0.05) is 18.2 Å². The Hall–Kier alpha value is -1.85. The van der Waals surface area contributed by atoms with Gasteiger partial charge < -0.3 is 15.1 Å². The van der Waals surface area contributed by atoms with Crippen LogP contribution in [0.2, 0.25) is 0 Å². The monoisotopic (exact) mass is 303 g/mol. The third-order valence-corrected chi connectivity index (χ3v) is 5.14. The maximum atomic E-state index is 11.2. The Kier molecular flexibility index (Phi) is 3.69. The van der Waals surface area contributed by atoms with Crippen LogP contribution < -0.4 is 4.90 Å². The summed E-state index contributed by atoms with van der Waals surface area (Å²) in [5.74, 6) is -0.967. The summed E-state index contributed by atoms with van der Waals surface area (Å²) in [6.07, 6.45) is 1.09. The predicted octanol–water partition coefficient (Wildman–Crippen LogP) is 2.93. The van der Waals surface area contributed by atoms with E-state index in [4.69, 9.17) is 0 Å². The van der Waals surface area contributed by atoms with Crippen molar-refractivity contribution in [3.63, 3.8) is 0 Å². The molecule has 3 rings (SSSR count). The van der Waals surface area contributed by atoms with Crippen LogP contribution in [0.1, 0.15) is 28.1 Å². The first kappa shape index (κ1) is 14.1. The fourth-order valence-electron chi connectivity index (χ4n) is 2.84. The van der Waals surface area contributed by atoms with Crippen molar-refractivity contribution in [2.75, 3.05) is 18.0 Å². The zero-order chi connectivity index (χ0) is 14.9. The molecule has 0 amide bonds. The highest BCUT2D eigenvalue weighted by molar-refractivity contribution is 7.10. The summed E-state index contributed by atoms with van der Waals surface area (Å²) in [6, 6.07) is 11.7. The van der Waals surface area contributed by atoms with Gasteiger partial charge in [0, 0.05) is 18.8 Å². The zero-order valence-corrected chi connectivity index (χ0v) is 12.3. The molecule has 0 atom stereocenters. The molecule has 1 saturated heterocycles. The lowest BCUT2D eigenvalue weighted by atomic mass is 9.87. The minimum Gasteiger partial charge on any atom is -0.478 e. The minimum absolute atomic E-state index is 0.232. The maximum absolute atomic E-state index is 11.2. The van der Waals surface area contributed by atoms with Crippen molar-refractivity contribution in [1.82, 2.24) is 0 Å². The first-order chi connectivity index (χ1) is 10.1. The Labute approximate surface area is 127 Å². The normalized spacial score (nSPS) is 17.7. The van der Waals surface area contributed by atoms with Gasteiger partial charge in [-0.3, -0.25) is 0 Å². The standard InChI is InChI=1S/C16H17NO3S/c18-15(19)13-6-11-21-14(13)16(20)7-9-17(10-8-16)12-4-2-1-3-5-12/h1-6,11,20H,7-10H2,(H,18,19). The number of carboxylic acid groups (broad SMARTS) is 1. The highest BCUT2D eigenvalue weighted by atomic mass is 32.1. The lowest BCUT2D eigenvalue weighted by Crippen LogP contribution is -2.42. The molecule has 110 valence electrons. The van der Waals surface area contributed by atoms with E-state index < -0.39 is 11.6 Å². The largest absolute Gasteiger partial charge is 0.478 e. The number of nitrogens with zero attached hydrogens (tertiary/aromatic N) is 1. The van der Waals surface area contributed by atoms with E-state index in [0.717, 1.165) is 18.8 Å². The third kappa shape index (κ3) is 2.66. The fraction of sp³-hybridized carbons (Fsp3) is 0.312. The van der Waals surface area contributed by atoms with Crippen LogP contribution >= 0.6 is 11.3 Å². The summed E-state index contributed by atoms with van der Waals surface area (Å²) in [7, 11) is 0. The van der Waals surface area contributed by atoms with Gasteiger partial charge in [0.15, 0.2) is 0 Å². The fourth-order valence-corrected chi connectivity index (χ4v) is 3.88. The van der Waals surface area contributed by atoms with Crippen molar-refractivity contribution in [2.45, 2.75) is 18.4 Å². The first-order valence-corrected chi connectivity index (χ1v) is 7.82. The first-order valence-electron chi connectivity index (χ1n) is 6.94. The van der Waals surface area contributed by atoms with Gasteiger partial charge in [-0.25, -0.2) is 4.79 Å². The molecule has 4 nitrogen and oxygen atoms in total. The predicted molar refractivity (Wildman–Crippen MR) is 83.1 cm³/mol. The van der Waals surface area contributed by atoms with Crippen LogP contribution in [0.4, 0.5) is 5.69 Å². The molecule has 1 aromatic heterocycles. The maximum Gasteiger partial charge on any atom is 0.336 e. The SMILES string of the molecule is O=C(O)c1ccsc1C1(O)CCN(c2ccccc2)CC1. The van der Waals surface area contributed by atoms with Crippen molar-refractivity contribution in [1.29, 1.82) is 0 Å². The molecule has 21 heavy (non-hydrogen) atoms. The number of hydrogen-bond donors (Lipinski definition) is 2. The van der Waals surface area contributed by atoms with E-state index in [1.807, 2.05) is 18.2 Å². The van der Waals surface area contributed by atoms with Gasteiger partial charge in [-0.15, -0.1) is 11.3 Å². The highest BCUT2D eigenvalue weighted by Gasteiger charge is 2.38. The Bertz CT molecular complexity index is 630. The molecule has 2 aromatic rings. The van der Waals surface area contributed by atoms with Gasteiger partial charge in [0.25, 0.3) is 0 Å². The molecule has 1 aliphatic rings. The van der Waals surface area contributed by atoms with E-state index in [2.05, 4.69) is 17.0 Å². The Morgan fingerprint density at radius 3 is 2.43 bits per heavy atom. The second kappa shape index (κ2) is 5.50. The summed E-state index contributed by atoms with van der Waals surface area (Å²) in [5.41, 5.74) is 0.354. The molecule has 1 fully saturated rings. The van der Waals surface area contributed by atoms with Gasteiger partial charge in [-0.2, -0.15) is 0 Å². The summed E-state index contributed by atoms with van der Waals surface area (Å²) >= 11 is 1.33. The molecule has 0 spiro atoms. The molecule has 0 saturated carbocycles. The number of aromatic carboxylic acids is 1. The van der Waals surface area contributed by atoms with E-state index >= 15 is 0 Å². The van der Waals surface area contributed by atoms with Gasteiger partial charge in [0.1, 0.15) is 5.60 Å². The van der Waals surface area contributed by atoms with E-state index in [-0.39, 0.29) is 5.56 Å². The van der Waals surface area contributed by atoms with Gasteiger partial charge in [0.2, 0.25) is 0 Å². The number of piperidine rings is 1. The number of benzene rings is 1. The Morgan fingerprint density at radius 2 is 1.81 bits per heavy atom. The number of thiophene rings is 1. The highest BCUT2D eigenvalue weighted by Crippen LogP contribution is 2.39. The van der Waals surface area contributed by atoms with Gasteiger partial charge in [-0.05, 0) is 36.4 Å². The molecule has 0 radical (unpaired) electrons. The van der Waals surface area contributed by atoms with Crippen LogP contribution in [0.5, 0.6) is 0 Å². The second-order valence-corrected chi connectivity index (χ2v) is 6.24. The average molecular weight is 303 g/mol. The summed E-state index contributed by atoms with van der Waals surface area (Å²) in [5, 5.41) is 21.8. The molecule has 0 bridgehead atoms. The van der Waals surface area contributed by atoms with Crippen molar-refractivity contribution in [2.24, 2.45) is 0 Å². The van der Waals surface area contributed by atoms with Crippen molar-refractivity contribution < 1.29 is 15.0 Å². The molecule has 2 heterocycles. The number of aliphatic hydroxyl groups is 1. The number of carboxylic acids is 1. The minimum atomic E-state index is -1.02. The second-order valence-electron chi connectivity index (χ2n) is 5.32. The molecule has 0 aliphatic carbocycles. The van der Waals surface area contributed by atoms with Gasteiger partial charge >= 0.3 is 5.97 Å². The van der Waals surface area contributed by atoms with Crippen LogP contribution in [0.15, 0.2) is 41.8 Å². The number of carbonyl (C=O) groups is 1. The van der Waals surface area contributed by atoms with Crippen LogP contribution in [-0.4, -0.2) is 29.3 Å². The van der Waals surface area contributed by atoms with E-state index in [0.29, 0.717) is 17.7 Å². The van der Waals surface area contributed by atoms with E-state index in [9.17, 15) is 15.0 Å². The van der Waals surface area contributed by atoms with E-state index in [1.54, 1.807) is 11.4 Å². The smallest absolute Gasteiger partial charge is 0.336 e. The van der Waals surface area contributed by atoms with Crippen LogP contribution in [0, 0.1) is 0 Å². The van der Waals surface area contributed by atoms with Crippen LogP contribution in [-0.2, 0) is 5.60 Å². The lowest BCUT2D eigenvalue weighted by Gasteiger charge is -2.39. The molecule has 1 aromatic carbocycles. The van der Waals surface area contributed by atoms with E-state index in [1.165, 1.54) is 11.3 Å². The number of hydrogen-bond acceptors (Lipinski definition) is 4. The van der Waals surface area contributed by atoms with Crippen molar-refractivity contribution >= 4 is 23.0 Å². The summed E-state index contributed by atoms with van der Waals surface area (Å²) in [4.78, 5) is 14.0.